The zero-order valence-corrected chi connectivity index (χ0v) is 20.5. The van der Waals surface area contributed by atoms with E-state index < -0.39 is 28.2 Å². The van der Waals surface area contributed by atoms with Gasteiger partial charge in [0.25, 0.3) is 0 Å². The fourth-order valence-electron chi connectivity index (χ4n) is 3.49. The van der Waals surface area contributed by atoms with Crippen molar-refractivity contribution in [2.24, 2.45) is 4.99 Å². The fraction of sp³-hybridized carbons (Fsp3) is 0.269. The molecule has 3 rings (SSSR count). The van der Waals surface area contributed by atoms with Gasteiger partial charge < -0.3 is 19.5 Å². The van der Waals surface area contributed by atoms with Crippen LogP contribution < -0.4 is 9.22 Å². The Hall–Kier alpha value is -4.49. The average molecular weight is 492 g/mol. The van der Waals surface area contributed by atoms with E-state index in [0.717, 1.165) is 0 Å². The number of carboxylic acid groups (broad SMARTS) is 1. The summed E-state index contributed by atoms with van der Waals surface area (Å²) in [5, 5.41) is 19.2. The molecule has 1 aliphatic rings. The maximum Gasteiger partial charge on any atom is 0.529 e. The molecule has 2 aromatic rings. The molecule has 0 saturated carbocycles. The number of ether oxygens (including phenoxy) is 2. The molecular formula is C26H27N4O6+. The Labute approximate surface area is 208 Å². The van der Waals surface area contributed by atoms with Crippen molar-refractivity contribution in [2.45, 2.75) is 32.8 Å². The van der Waals surface area contributed by atoms with Crippen LogP contribution in [-0.2, 0) is 4.74 Å². The van der Waals surface area contributed by atoms with Crippen LogP contribution in [0.15, 0.2) is 65.9 Å². The van der Waals surface area contributed by atoms with E-state index in [9.17, 15) is 19.5 Å². The van der Waals surface area contributed by atoms with Crippen molar-refractivity contribution in [3.8, 4) is 11.8 Å². The number of carbonyl (C=O) groups excluding carboxylic acids is 2. The van der Waals surface area contributed by atoms with Gasteiger partial charge in [-0.25, -0.2) is 14.6 Å². The van der Waals surface area contributed by atoms with E-state index in [1.807, 2.05) is 6.07 Å². The van der Waals surface area contributed by atoms with Crippen LogP contribution in [0.4, 0.5) is 15.3 Å². The van der Waals surface area contributed by atoms with Crippen LogP contribution in [0.3, 0.4) is 0 Å². The quantitative estimate of drug-likeness (QED) is 0.345. The van der Waals surface area contributed by atoms with Crippen LogP contribution >= 0.6 is 0 Å². The first-order valence-electron chi connectivity index (χ1n) is 11.1. The summed E-state index contributed by atoms with van der Waals surface area (Å²) in [4.78, 5) is 42.8. The van der Waals surface area contributed by atoms with Crippen LogP contribution in [0, 0.1) is 11.3 Å². The van der Waals surface area contributed by atoms with Gasteiger partial charge in [-0.15, -0.1) is 4.48 Å². The van der Waals surface area contributed by atoms with Crippen molar-refractivity contribution < 1.29 is 29.0 Å². The summed E-state index contributed by atoms with van der Waals surface area (Å²) in [5.74, 6) is -0.132. The molecule has 1 unspecified atom stereocenters. The summed E-state index contributed by atoms with van der Waals surface area (Å²) in [5.41, 5.74) is 0.263. The summed E-state index contributed by atoms with van der Waals surface area (Å²) in [6, 6.07) is 14.1. The van der Waals surface area contributed by atoms with Crippen LogP contribution in [0.25, 0.3) is 0 Å². The van der Waals surface area contributed by atoms with Gasteiger partial charge in [-0.1, -0.05) is 6.07 Å². The van der Waals surface area contributed by atoms with E-state index in [4.69, 9.17) is 14.7 Å². The predicted molar refractivity (Wildman–Crippen MR) is 132 cm³/mol. The second-order valence-electron chi connectivity index (χ2n) is 9.08. The van der Waals surface area contributed by atoms with Crippen molar-refractivity contribution in [1.29, 1.82) is 5.26 Å². The number of rotatable bonds is 6. The van der Waals surface area contributed by atoms with Crippen LogP contribution in [0.5, 0.6) is 5.75 Å². The Bertz CT molecular complexity index is 1270. The Morgan fingerprint density at radius 2 is 1.83 bits per heavy atom. The molecule has 1 N–H and O–H groups in total. The lowest BCUT2D eigenvalue weighted by molar-refractivity contribution is 0.0302. The molecule has 186 valence electrons. The molecule has 0 saturated heterocycles. The first-order chi connectivity index (χ1) is 17.0. The minimum atomic E-state index is -1.18. The van der Waals surface area contributed by atoms with Crippen molar-refractivity contribution in [3.63, 3.8) is 0 Å². The largest absolute Gasteiger partial charge is 0.529 e. The Morgan fingerprint density at radius 1 is 1.14 bits per heavy atom. The van der Waals surface area contributed by atoms with Gasteiger partial charge in [0.2, 0.25) is 5.84 Å². The smallest absolute Gasteiger partial charge is 0.444 e. The minimum absolute atomic E-state index is 0.182. The highest BCUT2D eigenvalue weighted by Crippen LogP contribution is 2.32. The summed E-state index contributed by atoms with van der Waals surface area (Å²) in [6.07, 6.45) is 1.32. The lowest BCUT2D eigenvalue weighted by Gasteiger charge is -2.28. The summed E-state index contributed by atoms with van der Waals surface area (Å²) >= 11 is 0. The molecule has 2 aromatic carbocycles. The third-order valence-corrected chi connectivity index (χ3v) is 5.28. The maximum absolute atomic E-state index is 12.4. The molecule has 0 aromatic heterocycles. The molecule has 1 aliphatic heterocycles. The summed E-state index contributed by atoms with van der Waals surface area (Å²) in [7, 11) is 1.57. The zero-order chi connectivity index (χ0) is 26.5. The van der Waals surface area contributed by atoms with Gasteiger partial charge in [0.15, 0.2) is 5.69 Å². The molecule has 2 amide bonds. The molecule has 0 aliphatic carbocycles. The molecular weight excluding hydrogens is 464 g/mol. The number of hydrogen-bond donors (Lipinski definition) is 1. The number of carbonyl (C=O) groups is 3. The molecule has 0 radical (unpaired) electrons. The van der Waals surface area contributed by atoms with E-state index in [2.05, 4.69) is 4.99 Å². The van der Waals surface area contributed by atoms with Crippen LogP contribution in [-0.4, -0.2) is 53.2 Å². The normalized spacial score (nSPS) is 16.6. The van der Waals surface area contributed by atoms with Crippen molar-refractivity contribution >= 4 is 29.7 Å². The molecule has 1 heterocycles. The molecule has 0 spiro atoms. The number of nitriles is 1. The highest BCUT2D eigenvalue weighted by molar-refractivity contribution is 6.11. The van der Waals surface area contributed by atoms with Gasteiger partial charge in [-0.2, -0.15) is 10.1 Å². The summed E-state index contributed by atoms with van der Waals surface area (Å²) < 4.78 is 10.0. The van der Waals surface area contributed by atoms with Crippen molar-refractivity contribution in [2.75, 3.05) is 13.6 Å². The average Bonchev–Trinajstić information content (AvgIpc) is 3.27. The monoisotopic (exact) mass is 491 g/mol. The highest BCUT2D eigenvalue weighted by atomic mass is 16.6. The summed E-state index contributed by atoms with van der Waals surface area (Å²) in [6.45, 7) is 5.49. The van der Waals surface area contributed by atoms with Crippen molar-refractivity contribution in [1.82, 2.24) is 9.38 Å². The topological polar surface area (TPSA) is 129 Å². The van der Waals surface area contributed by atoms with Gasteiger partial charge in [0, 0.05) is 25.7 Å². The number of benzene rings is 2. The molecule has 0 bridgehead atoms. The van der Waals surface area contributed by atoms with E-state index in [1.54, 1.807) is 40.0 Å². The van der Waals surface area contributed by atoms with Crippen LogP contribution in [0.1, 0.15) is 43.1 Å². The number of amides is 2. The number of esters is 1. The molecule has 10 nitrogen and oxygen atoms in total. The SMILES string of the molecule is CN(CCC1=NC=C[N+]1(C(=O)O)c1ccc(OC(=O)c2cccc(C#N)c2)cc1)C(=O)OC(C)(C)C. The second-order valence-corrected chi connectivity index (χ2v) is 9.08. The Morgan fingerprint density at radius 3 is 2.44 bits per heavy atom. The highest BCUT2D eigenvalue weighted by Gasteiger charge is 2.46. The lowest BCUT2D eigenvalue weighted by Crippen LogP contribution is -2.52. The molecule has 1 atom stereocenters. The third-order valence-electron chi connectivity index (χ3n) is 5.28. The third kappa shape index (κ3) is 5.76. The predicted octanol–water partition coefficient (Wildman–Crippen LogP) is 4.90. The van der Waals surface area contributed by atoms with Crippen molar-refractivity contribution in [3.05, 3.63) is 72.1 Å². The van der Waals surface area contributed by atoms with Gasteiger partial charge in [0.1, 0.15) is 17.6 Å². The number of hydrogen-bond acceptors (Lipinski definition) is 7. The number of amidine groups is 1. The van der Waals surface area contributed by atoms with Gasteiger partial charge in [-0.3, -0.25) is 0 Å². The van der Waals surface area contributed by atoms with Gasteiger partial charge >= 0.3 is 18.2 Å². The Kier molecular flexibility index (Phi) is 7.56. The molecule has 36 heavy (non-hydrogen) atoms. The number of aliphatic imine (C=N–C) groups is 1. The number of quaternary nitrogens is 1. The van der Waals surface area contributed by atoms with Gasteiger partial charge in [0.05, 0.1) is 29.8 Å². The second kappa shape index (κ2) is 10.4. The van der Waals surface area contributed by atoms with Crippen LogP contribution in [0.2, 0.25) is 0 Å². The van der Waals surface area contributed by atoms with Gasteiger partial charge in [-0.05, 0) is 51.1 Å². The first-order valence-corrected chi connectivity index (χ1v) is 11.1. The van der Waals surface area contributed by atoms with E-state index in [-0.39, 0.29) is 24.3 Å². The first kappa shape index (κ1) is 26.1. The minimum Gasteiger partial charge on any atom is -0.444 e. The van der Waals surface area contributed by atoms with E-state index in [1.165, 1.54) is 53.7 Å². The zero-order valence-electron chi connectivity index (χ0n) is 20.5. The standard InChI is InChI=1S/C26H26N4O6/c1-26(2,3)36-24(32)29(4)14-12-22-28-13-15-30(22,25(33)34)20-8-10-21(11-9-20)35-23(31)19-7-5-6-18(16-19)17-27/h5-11,13,15-16H,12,14H2,1-4H3/p+1. The fourth-order valence-corrected chi connectivity index (χ4v) is 3.49. The number of nitrogens with zero attached hydrogens (tertiary/aromatic N) is 4. The lowest BCUT2D eigenvalue weighted by atomic mass is 10.1. The van der Waals surface area contributed by atoms with E-state index >= 15 is 0 Å². The molecule has 10 heteroatoms. The maximum atomic E-state index is 12.4. The Balaban J connectivity index is 1.75. The van der Waals surface area contributed by atoms with E-state index in [0.29, 0.717) is 17.1 Å². The molecule has 0 fully saturated rings.